The first-order chi connectivity index (χ1) is 5.52. The Bertz CT molecular complexity index is 133. The second kappa shape index (κ2) is 3.75. The number of hydrogen-bond donors (Lipinski definition) is 0. The number of morpholine rings is 1. The van der Waals surface area contributed by atoms with Crippen molar-refractivity contribution in [1.82, 2.24) is 4.90 Å². The van der Waals surface area contributed by atoms with Crippen molar-refractivity contribution < 1.29 is 4.74 Å². The molecule has 1 aliphatic rings. The van der Waals surface area contributed by atoms with Crippen LogP contribution >= 0.6 is 0 Å². The summed E-state index contributed by atoms with van der Waals surface area (Å²) in [5.74, 6) is 0. The Morgan fingerprint density at radius 1 is 1.17 bits per heavy atom. The molecule has 0 radical (unpaired) electrons. The van der Waals surface area contributed by atoms with Gasteiger partial charge >= 0.3 is 0 Å². The molecular formula is C10H21NO. The minimum atomic E-state index is 0.386. The third-order valence-corrected chi connectivity index (χ3v) is 2.85. The van der Waals surface area contributed by atoms with Gasteiger partial charge in [0.05, 0.1) is 13.2 Å². The Kier molecular flexibility index (Phi) is 3.13. The molecule has 1 atom stereocenters. The topological polar surface area (TPSA) is 12.5 Å². The quantitative estimate of drug-likeness (QED) is 0.596. The summed E-state index contributed by atoms with van der Waals surface area (Å²) in [6, 6.07) is 0.654. The van der Waals surface area contributed by atoms with Crippen LogP contribution < -0.4 is 0 Å². The highest BCUT2D eigenvalue weighted by Crippen LogP contribution is 2.24. The molecule has 0 saturated carbocycles. The summed E-state index contributed by atoms with van der Waals surface area (Å²) in [7, 11) is 0. The van der Waals surface area contributed by atoms with E-state index in [0.29, 0.717) is 11.5 Å². The van der Waals surface area contributed by atoms with Crippen molar-refractivity contribution in [2.75, 3.05) is 26.3 Å². The standard InChI is InChI=1S/C10H21NO/c1-9(10(2,3)4)11-5-7-12-8-6-11/h9H,5-8H2,1-4H3/t9-/m1/s1. The fourth-order valence-electron chi connectivity index (χ4n) is 1.51. The molecule has 0 aromatic heterocycles. The van der Waals surface area contributed by atoms with E-state index in [1.54, 1.807) is 0 Å². The van der Waals surface area contributed by atoms with Crippen molar-refractivity contribution in [3.8, 4) is 0 Å². The number of nitrogens with zero attached hydrogens (tertiary/aromatic N) is 1. The molecule has 0 bridgehead atoms. The van der Waals surface area contributed by atoms with Gasteiger partial charge < -0.3 is 4.74 Å². The molecule has 1 saturated heterocycles. The first-order valence-electron chi connectivity index (χ1n) is 4.83. The predicted octanol–water partition coefficient (Wildman–Crippen LogP) is 1.75. The predicted molar refractivity (Wildman–Crippen MR) is 51.3 cm³/mol. The van der Waals surface area contributed by atoms with E-state index < -0.39 is 0 Å². The van der Waals surface area contributed by atoms with Crippen LogP contribution in [0.25, 0.3) is 0 Å². The van der Waals surface area contributed by atoms with Crippen LogP contribution in [-0.2, 0) is 4.74 Å². The van der Waals surface area contributed by atoms with Gasteiger partial charge in [0.1, 0.15) is 0 Å². The molecule has 2 heteroatoms. The minimum Gasteiger partial charge on any atom is -0.379 e. The lowest BCUT2D eigenvalue weighted by atomic mass is 9.87. The van der Waals surface area contributed by atoms with E-state index in [0.717, 1.165) is 26.3 Å². The molecule has 1 aliphatic heterocycles. The van der Waals surface area contributed by atoms with Gasteiger partial charge in [0.25, 0.3) is 0 Å². The molecule has 0 spiro atoms. The fraction of sp³-hybridized carbons (Fsp3) is 1.00. The van der Waals surface area contributed by atoms with Gasteiger partial charge in [-0.25, -0.2) is 0 Å². The Morgan fingerprint density at radius 2 is 1.67 bits per heavy atom. The number of rotatable bonds is 1. The third-order valence-electron chi connectivity index (χ3n) is 2.85. The fourth-order valence-corrected chi connectivity index (χ4v) is 1.51. The van der Waals surface area contributed by atoms with Crippen molar-refractivity contribution in [2.24, 2.45) is 5.41 Å². The molecule has 0 aromatic rings. The van der Waals surface area contributed by atoms with E-state index in [1.165, 1.54) is 0 Å². The molecule has 0 unspecified atom stereocenters. The maximum atomic E-state index is 5.32. The van der Waals surface area contributed by atoms with E-state index in [9.17, 15) is 0 Å². The zero-order chi connectivity index (χ0) is 9.19. The molecule has 2 nitrogen and oxygen atoms in total. The van der Waals surface area contributed by atoms with Crippen molar-refractivity contribution in [3.05, 3.63) is 0 Å². The first kappa shape index (κ1) is 10.0. The van der Waals surface area contributed by atoms with Gasteiger partial charge in [0.15, 0.2) is 0 Å². The van der Waals surface area contributed by atoms with Gasteiger partial charge in [0.2, 0.25) is 0 Å². The Labute approximate surface area is 75.9 Å². The molecule has 0 aliphatic carbocycles. The molecular weight excluding hydrogens is 150 g/mol. The van der Waals surface area contributed by atoms with Crippen LogP contribution in [0.15, 0.2) is 0 Å². The van der Waals surface area contributed by atoms with Crippen LogP contribution in [0.4, 0.5) is 0 Å². The zero-order valence-electron chi connectivity index (χ0n) is 8.76. The van der Waals surface area contributed by atoms with Crippen molar-refractivity contribution in [3.63, 3.8) is 0 Å². The number of hydrogen-bond acceptors (Lipinski definition) is 2. The van der Waals surface area contributed by atoms with Gasteiger partial charge in [-0.3, -0.25) is 4.90 Å². The smallest absolute Gasteiger partial charge is 0.0594 e. The van der Waals surface area contributed by atoms with Gasteiger partial charge in [-0.1, -0.05) is 20.8 Å². The van der Waals surface area contributed by atoms with Crippen LogP contribution in [0, 0.1) is 5.41 Å². The van der Waals surface area contributed by atoms with Crippen LogP contribution in [0.2, 0.25) is 0 Å². The highest BCUT2D eigenvalue weighted by atomic mass is 16.5. The van der Waals surface area contributed by atoms with E-state index in [2.05, 4.69) is 32.6 Å². The van der Waals surface area contributed by atoms with E-state index in [1.807, 2.05) is 0 Å². The Hall–Kier alpha value is -0.0800. The largest absolute Gasteiger partial charge is 0.379 e. The van der Waals surface area contributed by atoms with Gasteiger partial charge in [-0.15, -0.1) is 0 Å². The summed E-state index contributed by atoms with van der Waals surface area (Å²) >= 11 is 0. The molecule has 72 valence electrons. The maximum Gasteiger partial charge on any atom is 0.0594 e. The second-order valence-electron chi connectivity index (χ2n) is 4.69. The van der Waals surface area contributed by atoms with E-state index in [-0.39, 0.29) is 0 Å². The molecule has 0 aromatic carbocycles. The van der Waals surface area contributed by atoms with Crippen LogP contribution in [0.1, 0.15) is 27.7 Å². The van der Waals surface area contributed by atoms with E-state index >= 15 is 0 Å². The zero-order valence-corrected chi connectivity index (χ0v) is 8.76. The minimum absolute atomic E-state index is 0.386. The lowest BCUT2D eigenvalue weighted by Gasteiger charge is -2.39. The molecule has 1 heterocycles. The molecule has 0 N–H and O–H groups in total. The highest BCUT2D eigenvalue weighted by molar-refractivity contribution is 4.80. The highest BCUT2D eigenvalue weighted by Gasteiger charge is 2.26. The lowest BCUT2D eigenvalue weighted by Crippen LogP contribution is -2.47. The summed E-state index contributed by atoms with van der Waals surface area (Å²) in [4.78, 5) is 2.52. The van der Waals surface area contributed by atoms with Crippen LogP contribution in [-0.4, -0.2) is 37.2 Å². The molecule has 1 fully saturated rings. The summed E-state index contributed by atoms with van der Waals surface area (Å²) in [6.45, 7) is 13.2. The lowest BCUT2D eigenvalue weighted by molar-refractivity contribution is -0.00448. The van der Waals surface area contributed by atoms with Gasteiger partial charge in [-0.2, -0.15) is 0 Å². The normalized spacial score (nSPS) is 24.0. The SMILES string of the molecule is C[C@@H](N1CCOCC1)C(C)(C)C. The third kappa shape index (κ3) is 2.46. The summed E-state index contributed by atoms with van der Waals surface area (Å²) in [5.41, 5.74) is 0.386. The Balaban J connectivity index is 2.45. The molecule has 12 heavy (non-hydrogen) atoms. The van der Waals surface area contributed by atoms with Gasteiger partial charge in [-0.05, 0) is 12.3 Å². The summed E-state index contributed by atoms with van der Waals surface area (Å²) in [5, 5.41) is 0. The average molecular weight is 171 g/mol. The van der Waals surface area contributed by atoms with Crippen LogP contribution in [0.3, 0.4) is 0 Å². The number of ether oxygens (including phenoxy) is 1. The van der Waals surface area contributed by atoms with Crippen molar-refractivity contribution in [2.45, 2.75) is 33.7 Å². The van der Waals surface area contributed by atoms with Crippen molar-refractivity contribution in [1.29, 1.82) is 0 Å². The summed E-state index contributed by atoms with van der Waals surface area (Å²) < 4.78 is 5.32. The van der Waals surface area contributed by atoms with E-state index in [4.69, 9.17) is 4.74 Å². The summed E-state index contributed by atoms with van der Waals surface area (Å²) in [6.07, 6.45) is 0. The van der Waals surface area contributed by atoms with Crippen LogP contribution in [0.5, 0.6) is 0 Å². The molecule has 0 amide bonds. The second-order valence-corrected chi connectivity index (χ2v) is 4.69. The first-order valence-corrected chi connectivity index (χ1v) is 4.83. The molecule has 1 rings (SSSR count). The average Bonchev–Trinajstić information content (AvgIpc) is 2.03. The maximum absolute atomic E-state index is 5.32. The Morgan fingerprint density at radius 3 is 2.08 bits per heavy atom. The van der Waals surface area contributed by atoms with Crippen molar-refractivity contribution >= 4 is 0 Å². The monoisotopic (exact) mass is 171 g/mol. The van der Waals surface area contributed by atoms with Gasteiger partial charge in [0, 0.05) is 19.1 Å².